The molecule has 0 aliphatic rings. The molecule has 1 heterocycles. The first-order chi connectivity index (χ1) is 9.08. The maximum absolute atomic E-state index is 6.08. The van der Waals surface area contributed by atoms with Gasteiger partial charge in [-0.15, -0.1) is 0 Å². The first-order valence-corrected chi connectivity index (χ1v) is 6.61. The fraction of sp³-hybridized carbons (Fsp3) is 0.312. The molecule has 2 aromatic rings. The van der Waals surface area contributed by atoms with Crippen LogP contribution in [0.2, 0.25) is 0 Å². The summed E-state index contributed by atoms with van der Waals surface area (Å²) in [6, 6.07) is 14.6. The van der Waals surface area contributed by atoms with Crippen molar-refractivity contribution in [1.82, 2.24) is 4.98 Å². The average Bonchev–Trinajstić information content (AvgIpc) is 2.40. The van der Waals surface area contributed by atoms with Gasteiger partial charge in [-0.1, -0.05) is 30.3 Å². The third kappa shape index (κ3) is 3.25. The van der Waals surface area contributed by atoms with Crippen LogP contribution in [0.3, 0.4) is 0 Å². The van der Waals surface area contributed by atoms with Crippen LogP contribution >= 0.6 is 0 Å². The molecule has 0 radical (unpaired) electrons. The number of anilines is 2. The van der Waals surface area contributed by atoms with Crippen LogP contribution in [-0.4, -0.2) is 11.0 Å². The Bertz CT molecular complexity index is 535. The number of rotatable bonds is 4. The minimum absolute atomic E-state index is 0.344. The normalized spacial score (nSPS) is 10.7. The van der Waals surface area contributed by atoms with Gasteiger partial charge in [0.25, 0.3) is 0 Å². The van der Waals surface area contributed by atoms with E-state index in [4.69, 9.17) is 5.73 Å². The van der Waals surface area contributed by atoms with Gasteiger partial charge in [0, 0.05) is 18.3 Å². The summed E-state index contributed by atoms with van der Waals surface area (Å²) in [5.74, 6) is 0.874. The third-order valence-electron chi connectivity index (χ3n) is 3.14. The summed E-state index contributed by atoms with van der Waals surface area (Å²) in [5.41, 5.74) is 9.06. The van der Waals surface area contributed by atoms with E-state index in [2.05, 4.69) is 48.0 Å². The lowest BCUT2D eigenvalue weighted by Crippen LogP contribution is -2.31. The van der Waals surface area contributed by atoms with Crippen molar-refractivity contribution in [3.8, 4) is 0 Å². The summed E-state index contributed by atoms with van der Waals surface area (Å²) in [7, 11) is 0. The lowest BCUT2D eigenvalue weighted by Gasteiger charge is -2.29. The molecule has 0 spiro atoms. The van der Waals surface area contributed by atoms with Gasteiger partial charge in [-0.3, -0.25) is 0 Å². The number of hydrogen-bond donors (Lipinski definition) is 1. The Morgan fingerprint density at radius 1 is 1.11 bits per heavy atom. The Morgan fingerprint density at radius 2 is 1.79 bits per heavy atom. The average molecular weight is 255 g/mol. The second-order valence-electron chi connectivity index (χ2n) is 5.07. The van der Waals surface area contributed by atoms with Crippen LogP contribution in [0, 0.1) is 6.92 Å². The Kier molecular flexibility index (Phi) is 4.05. The monoisotopic (exact) mass is 255 g/mol. The molecule has 0 fully saturated rings. The smallest absolute Gasteiger partial charge is 0.152 e. The zero-order valence-electron chi connectivity index (χ0n) is 11.8. The van der Waals surface area contributed by atoms with Crippen LogP contribution in [0.1, 0.15) is 25.1 Å². The van der Waals surface area contributed by atoms with Crippen LogP contribution < -0.4 is 10.6 Å². The molecule has 3 nitrogen and oxygen atoms in total. The Hall–Kier alpha value is -2.03. The van der Waals surface area contributed by atoms with E-state index in [1.807, 2.05) is 25.1 Å². The predicted molar refractivity (Wildman–Crippen MR) is 81.1 cm³/mol. The molecular weight excluding hydrogens is 234 g/mol. The Labute approximate surface area is 115 Å². The molecule has 3 heteroatoms. The van der Waals surface area contributed by atoms with Gasteiger partial charge in [-0.05, 0) is 38.5 Å². The summed E-state index contributed by atoms with van der Waals surface area (Å²) >= 11 is 0. The molecule has 0 aliphatic heterocycles. The summed E-state index contributed by atoms with van der Waals surface area (Å²) in [6.45, 7) is 7.13. The molecule has 0 aliphatic carbocycles. The maximum atomic E-state index is 6.08. The number of benzene rings is 1. The van der Waals surface area contributed by atoms with Crippen molar-refractivity contribution in [3.63, 3.8) is 0 Å². The van der Waals surface area contributed by atoms with E-state index in [9.17, 15) is 0 Å². The third-order valence-corrected chi connectivity index (χ3v) is 3.14. The van der Waals surface area contributed by atoms with Crippen LogP contribution in [0.4, 0.5) is 11.5 Å². The first-order valence-electron chi connectivity index (χ1n) is 6.61. The standard InChI is InChI=1S/C16H21N3/c1-12(2)19(11-14-7-5-4-6-8-14)16-15(17)10-9-13(3)18-16/h4-10,12H,11,17H2,1-3H3. The van der Waals surface area contributed by atoms with Crippen LogP contribution in [-0.2, 0) is 6.54 Å². The molecule has 100 valence electrons. The largest absolute Gasteiger partial charge is 0.396 e. The molecular formula is C16H21N3. The molecule has 19 heavy (non-hydrogen) atoms. The van der Waals surface area contributed by atoms with E-state index >= 15 is 0 Å². The molecule has 2 N–H and O–H groups in total. The molecule has 2 rings (SSSR count). The quantitative estimate of drug-likeness (QED) is 0.910. The highest BCUT2D eigenvalue weighted by molar-refractivity contribution is 5.63. The molecule has 0 saturated heterocycles. The fourth-order valence-electron chi connectivity index (χ4n) is 2.07. The van der Waals surface area contributed by atoms with Gasteiger partial charge in [0.05, 0.1) is 5.69 Å². The SMILES string of the molecule is Cc1ccc(N)c(N(Cc2ccccc2)C(C)C)n1. The molecule has 0 bridgehead atoms. The summed E-state index contributed by atoms with van der Waals surface area (Å²) < 4.78 is 0. The van der Waals surface area contributed by atoms with Gasteiger partial charge in [0.1, 0.15) is 0 Å². The fourth-order valence-corrected chi connectivity index (χ4v) is 2.07. The predicted octanol–water partition coefficient (Wildman–Crippen LogP) is 3.39. The van der Waals surface area contributed by atoms with Gasteiger partial charge in [-0.25, -0.2) is 4.98 Å². The number of nitrogens with two attached hydrogens (primary N) is 1. The highest BCUT2D eigenvalue weighted by Crippen LogP contribution is 2.24. The van der Waals surface area contributed by atoms with Crippen LogP contribution in [0.25, 0.3) is 0 Å². The Balaban J connectivity index is 2.32. The molecule has 0 amide bonds. The van der Waals surface area contributed by atoms with E-state index in [0.717, 1.165) is 23.7 Å². The highest BCUT2D eigenvalue weighted by Gasteiger charge is 2.15. The number of pyridine rings is 1. The molecule has 1 aromatic carbocycles. The number of aryl methyl sites for hydroxylation is 1. The molecule has 0 atom stereocenters. The van der Waals surface area contributed by atoms with Gasteiger partial charge in [0.15, 0.2) is 5.82 Å². The molecule has 1 aromatic heterocycles. The minimum atomic E-state index is 0.344. The highest BCUT2D eigenvalue weighted by atomic mass is 15.2. The van der Waals surface area contributed by atoms with E-state index < -0.39 is 0 Å². The number of aromatic nitrogens is 1. The summed E-state index contributed by atoms with van der Waals surface area (Å²) in [6.07, 6.45) is 0. The zero-order chi connectivity index (χ0) is 13.8. The Morgan fingerprint density at radius 3 is 2.42 bits per heavy atom. The van der Waals surface area contributed by atoms with Gasteiger partial charge in [-0.2, -0.15) is 0 Å². The molecule has 0 unspecified atom stereocenters. The second-order valence-corrected chi connectivity index (χ2v) is 5.07. The number of nitrogen functional groups attached to an aromatic ring is 1. The lowest BCUT2D eigenvalue weighted by molar-refractivity contribution is 0.672. The zero-order valence-corrected chi connectivity index (χ0v) is 11.8. The van der Waals surface area contributed by atoms with E-state index in [0.29, 0.717) is 6.04 Å². The second kappa shape index (κ2) is 5.74. The van der Waals surface area contributed by atoms with E-state index in [-0.39, 0.29) is 0 Å². The molecule has 0 saturated carbocycles. The van der Waals surface area contributed by atoms with Crippen LogP contribution in [0.15, 0.2) is 42.5 Å². The topological polar surface area (TPSA) is 42.1 Å². The number of nitrogens with zero attached hydrogens (tertiary/aromatic N) is 2. The van der Waals surface area contributed by atoms with Crippen molar-refractivity contribution in [3.05, 3.63) is 53.7 Å². The van der Waals surface area contributed by atoms with Crippen molar-refractivity contribution >= 4 is 11.5 Å². The number of hydrogen-bond acceptors (Lipinski definition) is 3. The van der Waals surface area contributed by atoms with Gasteiger partial charge < -0.3 is 10.6 Å². The lowest BCUT2D eigenvalue weighted by atomic mass is 10.2. The van der Waals surface area contributed by atoms with Crippen molar-refractivity contribution in [2.45, 2.75) is 33.4 Å². The summed E-state index contributed by atoms with van der Waals surface area (Å²) in [4.78, 5) is 6.83. The van der Waals surface area contributed by atoms with E-state index in [1.165, 1.54) is 5.56 Å². The van der Waals surface area contributed by atoms with Crippen molar-refractivity contribution in [2.75, 3.05) is 10.6 Å². The van der Waals surface area contributed by atoms with Gasteiger partial charge >= 0.3 is 0 Å². The van der Waals surface area contributed by atoms with Crippen molar-refractivity contribution in [2.24, 2.45) is 0 Å². The van der Waals surface area contributed by atoms with E-state index in [1.54, 1.807) is 0 Å². The minimum Gasteiger partial charge on any atom is -0.396 e. The maximum Gasteiger partial charge on any atom is 0.152 e. The van der Waals surface area contributed by atoms with Crippen molar-refractivity contribution in [1.29, 1.82) is 0 Å². The van der Waals surface area contributed by atoms with Gasteiger partial charge in [0.2, 0.25) is 0 Å². The van der Waals surface area contributed by atoms with Crippen LogP contribution in [0.5, 0.6) is 0 Å². The summed E-state index contributed by atoms with van der Waals surface area (Å²) in [5, 5.41) is 0. The first kappa shape index (κ1) is 13.4. The van der Waals surface area contributed by atoms with Crippen molar-refractivity contribution < 1.29 is 0 Å².